The van der Waals surface area contributed by atoms with Crippen LogP contribution < -0.4 is 10.2 Å². The summed E-state index contributed by atoms with van der Waals surface area (Å²) in [6.07, 6.45) is 6.28. The average molecular weight is 270 g/mol. The van der Waals surface area contributed by atoms with Gasteiger partial charge < -0.3 is 10.2 Å². The van der Waals surface area contributed by atoms with Crippen LogP contribution in [0.25, 0.3) is 0 Å². The molecular weight excluding hydrogens is 252 g/mol. The average Bonchev–Trinajstić information content (AvgIpc) is 2.47. The first-order valence-corrected chi connectivity index (χ1v) is 6.47. The Morgan fingerprint density at radius 2 is 2.10 bits per heavy atom. The molecule has 0 atom stereocenters. The van der Waals surface area contributed by atoms with Gasteiger partial charge in [-0.15, -0.1) is 0 Å². The van der Waals surface area contributed by atoms with Gasteiger partial charge in [0.2, 0.25) is 5.91 Å². The van der Waals surface area contributed by atoms with Crippen LogP contribution in [-0.4, -0.2) is 30.0 Å². The Morgan fingerprint density at radius 3 is 2.70 bits per heavy atom. The van der Waals surface area contributed by atoms with Crippen molar-refractivity contribution >= 4 is 17.4 Å². The second kappa shape index (κ2) is 6.65. The van der Waals surface area contributed by atoms with Gasteiger partial charge in [-0.3, -0.25) is 9.78 Å². The first kappa shape index (κ1) is 14.0. The fraction of sp³-hybridized carbons (Fsp3) is 0.267. The predicted octanol–water partition coefficient (Wildman–Crippen LogP) is 2.11. The first-order chi connectivity index (χ1) is 9.65. The van der Waals surface area contributed by atoms with E-state index in [4.69, 9.17) is 0 Å². The Morgan fingerprint density at radius 1 is 1.25 bits per heavy atom. The Labute approximate surface area is 118 Å². The fourth-order valence-electron chi connectivity index (χ4n) is 1.75. The molecule has 0 bridgehead atoms. The molecule has 2 heterocycles. The summed E-state index contributed by atoms with van der Waals surface area (Å²) < 4.78 is 0. The molecule has 20 heavy (non-hydrogen) atoms. The minimum Gasteiger partial charge on any atom is -0.363 e. The maximum Gasteiger partial charge on any atom is 0.224 e. The monoisotopic (exact) mass is 270 g/mol. The van der Waals surface area contributed by atoms with E-state index in [-0.39, 0.29) is 5.91 Å². The van der Waals surface area contributed by atoms with E-state index in [1.165, 1.54) is 0 Å². The van der Waals surface area contributed by atoms with Crippen molar-refractivity contribution in [2.75, 3.05) is 24.3 Å². The van der Waals surface area contributed by atoms with Crippen LogP contribution in [-0.2, 0) is 11.2 Å². The van der Waals surface area contributed by atoms with Gasteiger partial charge in [0.1, 0.15) is 5.82 Å². The van der Waals surface area contributed by atoms with Crippen LogP contribution in [0.4, 0.5) is 11.5 Å². The van der Waals surface area contributed by atoms with E-state index in [0.717, 1.165) is 11.4 Å². The number of aryl methyl sites for hydroxylation is 1. The van der Waals surface area contributed by atoms with Gasteiger partial charge in [-0.05, 0) is 30.2 Å². The van der Waals surface area contributed by atoms with Gasteiger partial charge in [0.15, 0.2) is 0 Å². The van der Waals surface area contributed by atoms with Crippen LogP contribution >= 0.6 is 0 Å². The molecule has 0 aliphatic carbocycles. The van der Waals surface area contributed by atoms with Crippen LogP contribution in [0.3, 0.4) is 0 Å². The van der Waals surface area contributed by atoms with E-state index >= 15 is 0 Å². The highest BCUT2D eigenvalue weighted by Crippen LogP contribution is 2.12. The third kappa shape index (κ3) is 4.05. The lowest BCUT2D eigenvalue weighted by Gasteiger charge is -2.11. The molecule has 0 aliphatic heterocycles. The molecule has 2 aromatic heterocycles. The zero-order valence-electron chi connectivity index (χ0n) is 11.7. The molecule has 0 aliphatic rings. The molecule has 5 heteroatoms. The number of pyridine rings is 2. The lowest BCUT2D eigenvalue weighted by atomic mass is 10.1. The van der Waals surface area contributed by atoms with Crippen LogP contribution in [0.2, 0.25) is 0 Å². The van der Waals surface area contributed by atoms with Gasteiger partial charge in [0.25, 0.3) is 0 Å². The quantitative estimate of drug-likeness (QED) is 0.904. The van der Waals surface area contributed by atoms with Crippen LogP contribution in [0.15, 0.2) is 42.9 Å². The minimum atomic E-state index is -0.0201. The standard InChI is InChI=1S/C15H18N4O/c1-19(2)14-7-6-13(11-17-14)18-15(20)8-5-12-4-3-9-16-10-12/h3-4,6-7,9-11H,5,8H2,1-2H3,(H,18,20). The van der Waals surface area contributed by atoms with Gasteiger partial charge in [-0.2, -0.15) is 0 Å². The second-order valence-electron chi connectivity index (χ2n) is 4.71. The number of nitrogens with zero attached hydrogens (tertiary/aromatic N) is 3. The van der Waals surface area contributed by atoms with Crippen molar-refractivity contribution in [3.05, 3.63) is 48.4 Å². The Kier molecular flexibility index (Phi) is 4.65. The Balaban J connectivity index is 1.85. The summed E-state index contributed by atoms with van der Waals surface area (Å²) in [5.74, 6) is 0.839. The highest BCUT2D eigenvalue weighted by molar-refractivity contribution is 5.90. The summed E-state index contributed by atoms with van der Waals surface area (Å²) in [5, 5.41) is 2.84. The summed E-state index contributed by atoms with van der Waals surface area (Å²) in [6.45, 7) is 0. The van der Waals surface area contributed by atoms with E-state index in [1.807, 2.05) is 43.3 Å². The van der Waals surface area contributed by atoms with Gasteiger partial charge in [-0.25, -0.2) is 4.98 Å². The van der Waals surface area contributed by atoms with Crippen LogP contribution in [0.5, 0.6) is 0 Å². The molecule has 0 fully saturated rings. The first-order valence-electron chi connectivity index (χ1n) is 6.47. The van der Waals surface area contributed by atoms with Crippen LogP contribution in [0, 0.1) is 0 Å². The molecule has 0 spiro atoms. The molecule has 1 amide bonds. The minimum absolute atomic E-state index is 0.0201. The molecule has 5 nitrogen and oxygen atoms in total. The third-order valence-electron chi connectivity index (χ3n) is 2.85. The summed E-state index contributed by atoms with van der Waals surface area (Å²) in [4.78, 5) is 22.0. The summed E-state index contributed by atoms with van der Waals surface area (Å²) in [6, 6.07) is 7.56. The molecule has 1 N–H and O–H groups in total. The summed E-state index contributed by atoms with van der Waals surface area (Å²) >= 11 is 0. The van der Waals surface area contributed by atoms with Gasteiger partial charge in [0.05, 0.1) is 11.9 Å². The highest BCUT2D eigenvalue weighted by Gasteiger charge is 2.04. The summed E-state index contributed by atoms with van der Waals surface area (Å²) in [7, 11) is 3.85. The smallest absolute Gasteiger partial charge is 0.224 e. The zero-order valence-corrected chi connectivity index (χ0v) is 11.7. The number of hydrogen-bond donors (Lipinski definition) is 1. The maximum absolute atomic E-state index is 11.8. The molecule has 104 valence electrons. The number of amides is 1. The maximum atomic E-state index is 11.8. The van der Waals surface area contributed by atoms with E-state index in [0.29, 0.717) is 18.5 Å². The molecule has 0 radical (unpaired) electrons. The second-order valence-corrected chi connectivity index (χ2v) is 4.71. The summed E-state index contributed by atoms with van der Waals surface area (Å²) in [5.41, 5.74) is 1.77. The SMILES string of the molecule is CN(C)c1ccc(NC(=O)CCc2cccnc2)cn1. The van der Waals surface area contributed by atoms with Crippen molar-refractivity contribution in [3.8, 4) is 0 Å². The van der Waals surface area contributed by atoms with E-state index < -0.39 is 0 Å². The predicted molar refractivity (Wildman–Crippen MR) is 79.8 cm³/mol. The molecule has 2 aromatic rings. The number of carbonyl (C=O) groups is 1. The number of anilines is 2. The lowest BCUT2D eigenvalue weighted by Crippen LogP contribution is -2.14. The number of carbonyl (C=O) groups excluding carboxylic acids is 1. The molecule has 0 saturated carbocycles. The number of hydrogen-bond acceptors (Lipinski definition) is 4. The third-order valence-corrected chi connectivity index (χ3v) is 2.85. The lowest BCUT2D eigenvalue weighted by molar-refractivity contribution is -0.116. The molecule has 0 unspecified atom stereocenters. The van der Waals surface area contributed by atoms with E-state index in [1.54, 1.807) is 18.6 Å². The Hall–Kier alpha value is -2.43. The highest BCUT2D eigenvalue weighted by atomic mass is 16.1. The van der Waals surface area contributed by atoms with E-state index in [2.05, 4.69) is 15.3 Å². The van der Waals surface area contributed by atoms with Gasteiger partial charge in [-0.1, -0.05) is 6.07 Å². The molecule has 2 rings (SSSR count). The number of nitrogens with one attached hydrogen (secondary N) is 1. The van der Waals surface area contributed by atoms with Crippen molar-refractivity contribution in [2.24, 2.45) is 0 Å². The van der Waals surface area contributed by atoms with Gasteiger partial charge >= 0.3 is 0 Å². The van der Waals surface area contributed by atoms with Gasteiger partial charge in [0, 0.05) is 32.9 Å². The van der Waals surface area contributed by atoms with Crippen molar-refractivity contribution in [1.82, 2.24) is 9.97 Å². The molecule has 0 saturated heterocycles. The molecular formula is C15H18N4O. The molecule has 0 aromatic carbocycles. The fourth-order valence-corrected chi connectivity index (χ4v) is 1.75. The van der Waals surface area contributed by atoms with E-state index in [9.17, 15) is 4.79 Å². The van der Waals surface area contributed by atoms with Crippen LogP contribution in [0.1, 0.15) is 12.0 Å². The van der Waals surface area contributed by atoms with Crippen molar-refractivity contribution < 1.29 is 4.79 Å². The zero-order chi connectivity index (χ0) is 14.4. The Bertz CT molecular complexity index is 552. The normalized spacial score (nSPS) is 10.1. The number of rotatable bonds is 5. The van der Waals surface area contributed by atoms with Crippen molar-refractivity contribution in [3.63, 3.8) is 0 Å². The van der Waals surface area contributed by atoms with Crippen molar-refractivity contribution in [1.29, 1.82) is 0 Å². The largest absolute Gasteiger partial charge is 0.363 e. The topological polar surface area (TPSA) is 58.1 Å². The van der Waals surface area contributed by atoms with Crippen molar-refractivity contribution in [2.45, 2.75) is 12.8 Å². The number of aromatic nitrogens is 2.